The van der Waals surface area contributed by atoms with Crippen molar-refractivity contribution < 1.29 is 9.53 Å². The monoisotopic (exact) mass is 345 g/mol. The van der Waals surface area contributed by atoms with Gasteiger partial charge >= 0.3 is 0 Å². The van der Waals surface area contributed by atoms with Crippen LogP contribution >= 0.6 is 11.3 Å². The van der Waals surface area contributed by atoms with E-state index in [4.69, 9.17) is 9.72 Å². The van der Waals surface area contributed by atoms with Crippen LogP contribution in [0.1, 0.15) is 26.0 Å². The van der Waals surface area contributed by atoms with Crippen LogP contribution in [0.2, 0.25) is 0 Å². The van der Waals surface area contributed by atoms with E-state index in [-0.39, 0.29) is 11.9 Å². The Morgan fingerprint density at radius 2 is 2.17 bits per heavy atom. The standard InChI is InChI=1S/C18H23N3O2S/c1-3-23-16-7-5-14(6-8-16)18-20-15(12-24-18)11-21-10-4-9-19-17(22)13(21)2/h5-8,12-13H,3-4,9-11H2,1-2H3,(H,19,22). The van der Waals surface area contributed by atoms with E-state index in [0.717, 1.165) is 41.5 Å². The first-order chi connectivity index (χ1) is 11.7. The minimum absolute atomic E-state index is 0.106. The molecule has 1 unspecified atom stereocenters. The number of hydrogen-bond donors (Lipinski definition) is 1. The molecule has 1 aromatic carbocycles. The zero-order chi connectivity index (χ0) is 16.9. The maximum Gasteiger partial charge on any atom is 0.237 e. The topological polar surface area (TPSA) is 54.5 Å². The van der Waals surface area contributed by atoms with E-state index in [1.165, 1.54) is 0 Å². The van der Waals surface area contributed by atoms with Gasteiger partial charge in [0, 0.05) is 30.6 Å². The van der Waals surface area contributed by atoms with Gasteiger partial charge < -0.3 is 10.1 Å². The van der Waals surface area contributed by atoms with Gasteiger partial charge in [0.1, 0.15) is 10.8 Å². The van der Waals surface area contributed by atoms with Crippen molar-refractivity contribution in [1.82, 2.24) is 15.2 Å². The summed E-state index contributed by atoms with van der Waals surface area (Å²) in [5.41, 5.74) is 2.11. The van der Waals surface area contributed by atoms with Crippen molar-refractivity contribution in [2.24, 2.45) is 0 Å². The molecule has 2 heterocycles. The molecule has 3 rings (SSSR count). The number of hydrogen-bond acceptors (Lipinski definition) is 5. The van der Waals surface area contributed by atoms with E-state index in [2.05, 4.69) is 15.6 Å². The lowest BCUT2D eigenvalue weighted by Crippen LogP contribution is -2.41. The SMILES string of the molecule is CCOc1ccc(-c2nc(CN3CCCNC(=O)C3C)cs2)cc1. The van der Waals surface area contributed by atoms with Crippen LogP contribution < -0.4 is 10.1 Å². The Morgan fingerprint density at radius 1 is 1.38 bits per heavy atom. The third kappa shape index (κ3) is 3.94. The summed E-state index contributed by atoms with van der Waals surface area (Å²) in [6, 6.07) is 7.91. The summed E-state index contributed by atoms with van der Waals surface area (Å²) in [5, 5.41) is 6.03. The fourth-order valence-corrected chi connectivity index (χ4v) is 3.61. The molecular formula is C18H23N3O2S. The fraction of sp³-hybridized carbons (Fsp3) is 0.444. The number of nitrogens with zero attached hydrogens (tertiary/aromatic N) is 2. The van der Waals surface area contributed by atoms with E-state index in [0.29, 0.717) is 13.2 Å². The van der Waals surface area contributed by atoms with E-state index in [9.17, 15) is 4.79 Å². The van der Waals surface area contributed by atoms with Crippen molar-refractivity contribution in [3.8, 4) is 16.3 Å². The largest absolute Gasteiger partial charge is 0.494 e. The molecule has 0 spiro atoms. The number of benzene rings is 1. The Balaban J connectivity index is 1.69. The Hall–Kier alpha value is -1.92. The van der Waals surface area contributed by atoms with Gasteiger partial charge in [0.25, 0.3) is 0 Å². The molecular weight excluding hydrogens is 322 g/mol. The molecule has 6 heteroatoms. The molecule has 0 aliphatic carbocycles. The van der Waals surface area contributed by atoms with Crippen LogP contribution in [0.4, 0.5) is 0 Å². The quantitative estimate of drug-likeness (QED) is 0.905. The minimum atomic E-state index is -0.108. The van der Waals surface area contributed by atoms with E-state index in [1.54, 1.807) is 11.3 Å². The van der Waals surface area contributed by atoms with Gasteiger partial charge in [0.05, 0.1) is 18.3 Å². The van der Waals surface area contributed by atoms with E-state index in [1.807, 2.05) is 38.1 Å². The molecule has 5 nitrogen and oxygen atoms in total. The lowest BCUT2D eigenvalue weighted by Gasteiger charge is -2.24. The summed E-state index contributed by atoms with van der Waals surface area (Å²) in [4.78, 5) is 18.9. The van der Waals surface area contributed by atoms with Gasteiger partial charge in [-0.15, -0.1) is 11.3 Å². The predicted molar refractivity (Wildman–Crippen MR) is 96.2 cm³/mol. The lowest BCUT2D eigenvalue weighted by atomic mass is 10.2. The van der Waals surface area contributed by atoms with Gasteiger partial charge in [-0.2, -0.15) is 0 Å². The molecule has 2 aromatic rings. The molecule has 0 radical (unpaired) electrons. The fourth-order valence-electron chi connectivity index (χ4n) is 2.80. The Kier molecular flexibility index (Phi) is 5.48. The number of carbonyl (C=O) groups is 1. The van der Waals surface area contributed by atoms with Gasteiger partial charge in [-0.05, 0) is 44.5 Å². The number of amides is 1. The molecule has 1 aliphatic heterocycles. The van der Waals surface area contributed by atoms with Crippen molar-refractivity contribution in [3.05, 3.63) is 35.3 Å². The highest BCUT2D eigenvalue weighted by Gasteiger charge is 2.24. The van der Waals surface area contributed by atoms with Gasteiger partial charge in [-0.3, -0.25) is 9.69 Å². The van der Waals surface area contributed by atoms with Crippen LogP contribution in [0.3, 0.4) is 0 Å². The number of nitrogens with one attached hydrogen (secondary N) is 1. The zero-order valence-electron chi connectivity index (χ0n) is 14.1. The third-order valence-corrected chi connectivity index (χ3v) is 5.12. The highest BCUT2D eigenvalue weighted by atomic mass is 32.1. The third-order valence-electron chi connectivity index (χ3n) is 4.18. The molecule has 1 aliphatic rings. The van der Waals surface area contributed by atoms with Crippen LogP contribution in [0.5, 0.6) is 5.75 Å². The number of carbonyl (C=O) groups excluding carboxylic acids is 1. The van der Waals surface area contributed by atoms with Gasteiger partial charge in [-0.25, -0.2) is 4.98 Å². The average Bonchev–Trinajstić information content (AvgIpc) is 3.00. The van der Waals surface area contributed by atoms with Crippen molar-refractivity contribution in [1.29, 1.82) is 0 Å². The smallest absolute Gasteiger partial charge is 0.237 e. The molecule has 1 amide bonds. The first kappa shape index (κ1) is 16.9. The Morgan fingerprint density at radius 3 is 2.92 bits per heavy atom. The van der Waals surface area contributed by atoms with Crippen LogP contribution in [0.25, 0.3) is 10.6 Å². The zero-order valence-corrected chi connectivity index (χ0v) is 14.9. The molecule has 1 aromatic heterocycles. The van der Waals surface area contributed by atoms with Crippen molar-refractivity contribution in [2.45, 2.75) is 32.9 Å². The summed E-state index contributed by atoms with van der Waals surface area (Å²) >= 11 is 1.64. The second-order valence-electron chi connectivity index (χ2n) is 5.89. The van der Waals surface area contributed by atoms with Crippen LogP contribution in [0, 0.1) is 0 Å². The van der Waals surface area contributed by atoms with Crippen LogP contribution in [-0.2, 0) is 11.3 Å². The summed E-state index contributed by atoms with van der Waals surface area (Å²) in [7, 11) is 0. The predicted octanol–water partition coefficient (Wildman–Crippen LogP) is 2.92. The molecule has 0 bridgehead atoms. The number of aromatic nitrogens is 1. The molecule has 0 saturated carbocycles. The highest BCUT2D eigenvalue weighted by molar-refractivity contribution is 7.13. The number of ether oxygens (including phenoxy) is 1. The van der Waals surface area contributed by atoms with Crippen molar-refractivity contribution in [2.75, 3.05) is 19.7 Å². The second-order valence-corrected chi connectivity index (χ2v) is 6.75. The lowest BCUT2D eigenvalue weighted by molar-refractivity contribution is -0.125. The van der Waals surface area contributed by atoms with Gasteiger partial charge in [-0.1, -0.05) is 0 Å². The van der Waals surface area contributed by atoms with Crippen molar-refractivity contribution >= 4 is 17.2 Å². The maximum atomic E-state index is 11.9. The van der Waals surface area contributed by atoms with E-state index >= 15 is 0 Å². The first-order valence-corrected chi connectivity index (χ1v) is 9.24. The summed E-state index contributed by atoms with van der Waals surface area (Å²) in [6.07, 6.45) is 0.978. The summed E-state index contributed by atoms with van der Waals surface area (Å²) in [6.45, 7) is 6.99. The van der Waals surface area contributed by atoms with Crippen LogP contribution in [-0.4, -0.2) is 41.5 Å². The van der Waals surface area contributed by atoms with E-state index < -0.39 is 0 Å². The molecule has 1 atom stereocenters. The molecule has 24 heavy (non-hydrogen) atoms. The molecule has 1 N–H and O–H groups in total. The Labute approximate surface area is 146 Å². The van der Waals surface area contributed by atoms with Crippen LogP contribution in [0.15, 0.2) is 29.6 Å². The van der Waals surface area contributed by atoms with Crippen molar-refractivity contribution in [3.63, 3.8) is 0 Å². The maximum absolute atomic E-state index is 11.9. The molecule has 128 valence electrons. The first-order valence-electron chi connectivity index (χ1n) is 8.36. The van der Waals surface area contributed by atoms with Gasteiger partial charge in [0.15, 0.2) is 0 Å². The average molecular weight is 345 g/mol. The minimum Gasteiger partial charge on any atom is -0.494 e. The Bertz CT molecular complexity index is 684. The molecule has 1 saturated heterocycles. The van der Waals surface area contributed by atoms with Gasteiger partial charge in [0.2, 0.25) is 5.91 Å². The number of thiazole rings is 1. The highest BCUT2D eigenvalue weighted by Crippen LogP contribution is 2.26. The summed E-state index contributed by atoms with van der Waals surface area (Å²) < 4.78 is 5.47. The second kappa shape index (κ2) is 7.77. The molecule has 1 fully saturated rings. The normalized spacial score (nSPS) is 18.9. The summed E-state index contributed by atoms with van der Waals surface area (Å²) in [5.74, 6) is 0.983. The number of rotatable bonds is 5.